The molecule has 0 spiro atoms. The molecule has 0 aliphatic heterocycles. The van der Waals surface area contributed by atoms with Gasteiger partial charge in [0.05, 0.1) is 16.8 Å². The first-order valence-corrected chi connectivity index (χ1v) is 8.91. The normalized spacial score (nSPS) is 11.1. The predicted octanol–water partition coefficient (Wildman–Crippen LogP) is 4.69. The molecule has 0 atom stereocenters. The molecule has 0 amide bonds. The molecular weight excluding hydrogens is 324 g/mol. The number of hydrogen-bond donors (Lipinski definition) is 1. The summed E-state index contributed by atoms with van der Waals surface area (Å²) in [6, 6.07) is 12.4. The number of thiazole rings is 1. The van der Waals surface area contributed by atoms with Crippen LogP contribution in [0, 0.1) is 6.92 Å². The summed E-state index contributed by atoms with van der Waals surface area (Å²) < 4.78 is 0. The van der Waals surface area contributed by atoms with Crippen molar-refractivity contribution in [3.8, 4) is 10.6 Å². The summed E-state index contributed by atoms with van der Waals surface area (Å²) in [5, 5.41) is 7.16. The minimum atomic E-state index is 0.812. The Labute approximate surface area is 144 Å². The maximum absolute atomic E-state index is 4.62. The highest BCUT2D eigenvalue weighted by Gasteiger charge is 2.09. The SMILES string of the molecule is Cc1sc(N/N=C\c2ccc(N(C)C)cc2)nc1-c1cccs1. The molecule has 0 fully saturated rings. The first kappa shape index (κ1) is 15.7. The fraction of sp³-hybridized carbons (Fsp3) is 0.176. The molecule has 1 aromatic carbocycles. The largest absolute Gasteiger partial charge is 0.378 e. The molecule has 3 aromatic rings. The zero-order valence-corrected chi connectivity index (χ0v) is 14.9. The van der Waals surface area contributed by atoms with E-state index in [4.69, 9.17) is 0 Å². The van der Waals surface area contributed by atoms with Crippen LogP contribution in [0.4, 0.5) is 10.8 Å². The van der Waals surface area contributed by atoms with Gasteiger partial charge in [0.2, 0.25) is 5.13 Å². The van der Waals surface area contributed by atoms with Crippen LogP contribution in [0.3, 0.4) is 0 Å². The van der Waals surface area contributed by atoms with Crippen LogP contribution in [-0.4, -0.2) is 25.3 Å². The minimum Gasteiger partial charge on any atom is -0.378 e. The second-order valence-corrected chi connectivity index (χ2v) is 7.41. The summed E-state index contributed by atoms with van der Waals surface area (Å²) in [5.41, 5.74) is 6.29. The van der Waals surface area contributed by atoms with E-state index in [-0.39, 0.29) is 0 Å². The molecule has 0 saturated carbocycles. The first-order chi connectivity index (χ1) is 11.1. The van der Waals surface area contributed by atoms with E-state index in [9.17, 15) is 0 Å². The zero-order valence-electron chi connectivity index (χ0n) is 13.3. The number of aryl methyl sites for hydroxylation is 1. The van der Waals surface area contributed by atoms with Gasteiger partial charge in [-0.1, -0.05) is 18.2 Å². The minimum absolute atomic E-state index is 0.812. The summed E-state index contributed by atoms with van der Waals surface area (Å²) in [6.07, 6.45) is 1.81. The molecule has 118 valence electrons. The van der Waals surface area contributed by atoms with Gasteiger partial charge in [-0.05, 0) is 36.1 Å². The van der Waals surface area contributed by atoms with Crippen molar-refractivity contribution in [2.75, 3.05) is 24.4 Å². The van der Waals surface area contributed by atoms with Gasteiger partial charge in [0, 0.05) is 24.7 Å². The van der Waals surface area contributed by atoms with Gasteiger partial charge >= 0.3 is 0 Å². The zero-order chi connectivity index (χ0) is 16.2. The third-order valence-electron chi connectivity index (χ3n) is 3.33. The second-order valence-electron chi connectivity index (χ2n) is 5.26. The molecular formula is C17H18N4S2. The molecule has 2 heterocycles. The molecule has 3 rings (SSSR count). The number of hydrogen-bond acceptors (Lipinski definition) is 6. The van der Waals surface area contributed by atoms with Gasteiger partial charge in [-0.15, -0.1) is 22.7 Å². The molecule has 2 aromatic heterocycles. The van der Waals surface area contributed by atoms with E-state index in [2.05, 4.69) is 50.9 Å². The smallest absolute Gasteiger partial charge is 0.204 e. The van der Waals surface area contributed by atoms with Crippen molar-refractivity contribution in [3.63, 3.8) is 0 Å². The van der Waals surface area contributed by atoms with E-state index >= 15 is 0 Å². The number of rotatable bonds is 5. The lowest BCUT2D eigenvalue weighted by Gasteiger charge is -2.11. The van der Waals surface area contributed by atoms with Gasteiger partial charge in [-0.2, -0.15) is 5.10 Å². The summed E-state index contributed by atoms with van der Waals surface area (Å²) in [6.45, 7) is 2.08. The molecule has 23 heavy (non-hydrogen) atoms. The average molecular weight is 342 g/mol. The number of nitrogens with one attached hydrogen (secondary N) is 1. The Morgan fingerprint density at radius 1 is 1.17 bits per heavy atom. The van der Waals surface area contributed by atoms with Crippen LogP contribution < -0.4 is 10.3 Å². The van der Waals surface area contributed by atoms with E-state index < -0.39 is 0 Å². The van der Waals surface area contributed by atoms with E-state index in [1.807, 2.05) is 32.3 Å². The highest BCUT2D eigenvalue weighted by atomic mass is 32.1. The molecule has 0 aliphatic carbocycles. The highest BCUT2D eigenvalue weighted by Crippen LogP contribution is 2.32. The summed E-state index contributed by atoms with van der Waals surface area (Å²) in [5.74, 6) is 0. The third-order valence-corrected chi connectivity index (χ3v) is 5.09. The number of thiophene rings is 1. The topological polar surface area (TPSA) is 40.5 Å². The lowest BCUT2D eigenvalue weighted by Crippen LogP contribution is -2.08. The Hall–Kier alpha value is -2.18. The first-order valence-electron chi connectivity index (χ1n) is 7.21. The standard InChI is InChI=1S/C17H18N4S2/c1-12-16(15-5-4-10-22-15)19-17(23-12)20-18-11-13-6-8-14(9-7-13)21(2)3/h4-11H,1-3H3,(H,19,20)/b18-11-. The molecule has 0 unspecified atom stereocenters. The van der Waals surface area contributed by atoms with Crippen molar-refractivity contribution >= 4 is 39.7 Å². The van der Waals surface area contributed by atoms with Crippen LogP contribution in [0.15, 0.2) is 46.9 Å². The van der Waals surface area contributed by atoms with E-state index in [1.165, 1.54) is 15.4 Å². The van der Waals surface area contributed by atoms with Gasteiger partial charge in [0.25, 0.3) is 0 Å². The van der Waals surface area contributed by atoms with Crippen molar-refractivity contribution in [2.24, 2.45) is 5.10 Å². The second kappa shape index (κ2) is 6.93. The van der Waals surface area contributed by atoms with Crippen LogP contribution in [-0.2, 0) is 0 Å². The highest BCUT2D eigenvalue weighted by molar-refractivity contribution is 7.17. The van der Waals surface area contributed by atoms with Crippen molar-refractivity contribution in [1.29, 1.82) is 0 Å². The summed E-state index contributed by atoms with van der Waals surface area (Å²) in [4.78, 5) is 9.08. The molecule has 4 nitrogen and oxygen atoms in total. The number of anilines is 2. The van der Waals surface area contributed by atoms with Crippen LogP contribution in [0.2, 0.25) is 0 Å². The molecule has 0 bridgehead atoms. The Bertz CT molecular complexity index is 787. The van der Waals surface area contributed by atoms with Crippen molar-refractivity contribution in [1.82, 2.24) is 4.98 Å². The van der Waals surface area contributed by atoms with E-state index in [1.54, 1.807) is 28.9 Å². The number of nitrogens with zero attached hydrogens (tertiary/aromatic N) is 3. The Kier molecular flexibility index (Phi) is 4.73. The van der Waals surface area contributed by atoms with Gasteiger partial charge in [0.1, 0.15) is 0 Å². The van der Waals surface area contributed by atoms with E-state index in [0.717, 1.165) is 16.4 Å². The van der Waals surface area contributed by atoms with Crippen LogP contribution in [0.25, 0.3) is 10.6 Å². The van der Waals surface area contributed by atoms with Crippen LogP contribution in [0.1, 0.15) is 10.4 Å². The molecule has 6 heteroatoms. The van der Waals surface area contributed by atoms with Crippen molar-refractivity contribution < 1.29 is 0 Å². The van der Waals surface area contributed by atoms with Crippen molar-refractivity contribution in [3.05, 3.63) is 52.2 Å². The number of benzene rings is 1. The molecule has 0 saturated heterocycles. The van der Waals surface area contributed by atoms with Crippen LogP contribution >= 0.6 is 22.7 Å². The Morgan fingerprint density at radius 2 is 1.96 bits per heavy atom. The van der Waals surface area contributed by atoms with Gasteiger partial charge in [-0.25, -0.2) is 4.98 Å². The molecule has 1 N–H and O–H groups in total. The molecule has 0 aliphatic rings. The number of hydrazone groups is 1. The maximum atomic E-state index is 4.62. The van der Waals surface area contributed by atoms with Gasteiger partial charge in [-0.3, -0.25) is 5.43 Å². The van der Waals surface area contributed by atoms with Gasteiger partial charge < -0.3 is 4.90 Å². The predicted molar refractivity (Wildman–Crippen MR) is 102 cm³/mol. The lowest BCUT2D eigenvalue weighted by atomic mass is 10.2. The summed E-state index contributed by atoms with van der Waals surface area (Å²) in [7, 11) is 4.06. The maximum Gasteiger partial charge on any atom is 0.204 e. The van der Waals surface area contributed by atoms with Crippen molar-refractivity contribution in [2.45, 2.75) is 6.92 Å². The lowest BCUT2D eigenvalue weighted by molar-refractivity contribution is 1.13. The summed E-state index contributed by atoms with van der Waals surface area (Å²) >= 11 is 3.32. The monoisotopic (exact) mass is 342 g/mol. The average Bonchev–Trinajstić information content (AvgIpc) is 3.17. The van der Waals surface area contributed by atoms with Crippen LogP contribution in [0.5, 0.6) is 0 Å². The van der Waals surface area contributed by atoms with Gasteiger partial charge in [0.15, 0.2) is 0 Å². The quantitative estimate of drug-likeness (QED) is 0.540. The Morgan fingerprint density at radius 3 is 2.61 bits per heavy atom. The third kappa shape index (κ3) is 3.78. The number of aromatic nitrogens is 1. The van der Waals surface area contributed by atoms with E-state index in [0.29, 0.717) is 0 Å². The fourth-order valence-electron chi connectivity index (χ4n) is 2.11. The molecule has 0 radical (unpaired) electrons. The fourth-order valence-corrected chi connectivity index (χ4v) is 3.72. The Balaban J connectivity index is 1.67.